The fourth-order valence-corrected chi connectivity index (χ4v) is 3.62. The molecule has 3 N–H and O–H groups in total. The molecular weight excluding hydrogens is 270 g/mol. The lowest BCUT2D eigenvalue weighted by Gasteiger charge is -2.29. The van der Waals surface area contributed by atoms with Crippen molar-refractivity contribution >= 4 is 17.7 Å². The Hall–Kier alpha value is -1.07. The lowest BCUT2D eigenvalue weighted by molar-refractivity contribution is -0.124. The van der Waals surface area contributed by atoms with E-state index in [1.165, 1.54) is 5.56 Å². The number of rotatable bonds is 7. The van der Waals surface area contributed by atoms with Crippen LogP contribution in [0.25, 0.3) is 0 Å². The molecule has 1 rings (SSSR count). The van der Waals surface area contributed by atoms with E-state index in [4.69, 9.17) is 5.73 Å². The zero-order valence-corrected chi connectivity index (χ0v) is 13.8. The van der Waals surface area contributed by atoms with Gasteiger partial charge in [-0.2, -0.15) is 0 Å². The third-order valence-corrected chi connectivity index (χ3v) is 4.22. The number of carbonyl (C=O) groups is 1. The number of amides is 1. The summed E-state index contributed by atoms with van der Waals surface area (Å²) in [6.45, 7) is 10.7. The van der Waals surface area contributed by atoms with Gasteiger partial charge < -0.3 is 11.1 Å². The van der Waals surface area contributed by atoms with Gasteiger partial charge in [0, 0.05) is 10.9 Å². The van der Waals surface area contributed by atoms with Crippen LogP contribution in [-0.4, -0.2) is 28.2 Å². The predicted octanol–water partition coefficient (Wildman–Crippen LogP) is 2.42. The van der Waals surface area contributed by atoms with Gasteiger partial charge in [-0.05, 0) is 51.4 Å². The highest BCUT2D eigenvalue weighted by Crippen LogP contribution is 2.28. The van der Waals surface area contributed by atoms with Gasteiger partial charge in [-0.1, -0.05) is 13.8 Å². The summed E-state index contributed by atoms with van der Waals surface area (Å²) in [7, 11) is 0. The summed E-state index contributed by atoms with van der Waals surface area (Å²) in [6.07, 6.45) is 0.676. The van der Waals surface area contributed by atoms with Gasteiger partial charge in [-0.3, -0.25) is 4.79 Å². The number of hydrogen-bond acceptors (Lipinski definition) is 4. The van der Waals surface area contributed by atoms with Crippen molar-refractivity contribution in [3.05, 3.63) is 23.4 Å². The maximum Gasteiger partial charge on any atom is 0.237 e. The Kier molecular flexibility index (Phi) is 6.02. The maximum atomic E-state index is 11.6. The van der Waals surface area contributed by atoms with E-state index in [1.807, 2.05) is 20.8 Å². The molecule has 20 heavy (non-hydrogen) atoms. The second kappa shape index (κ2) is 7.09. The lowest BCUT2D eigenvalue weighted by Crippen LogP contribution is -2.54. The molecule has 2 unspecified atom stereocenters. The molecule has 1 aromatic rings. The van der Waals surface area contributed by atoms with Crippen LogP contribution in [0.5, 0.6) is 0 Å². The first kappa shape index (κ1) is 17.0. The average molecular weight is 295 g/mol. The summed E-state index contributed by atoms with van der Waals surface area (Å²) in [5.41, 5.74) is 7.08. The minimum Gasteiger partial charge on any atom is -0.368 e. The number of pyridine rings is 1. The maximum absolute atomic E-state index is 11.6. The van der Waals surface area contributed by atoms with Crippen molar-refractivity contribution in [2.45, 2.75) is 56.9 Å². The lowest BCUT2D eigenvalue weighted by atomic mass is 9.95. The summed E-state index contributed by atoms with van der Waals surface area (Å²) in [4.78, 5) is 16.2. The molecule has 0 saturated carbocycles. The van der Waals surface area contributed by atoms with E-state index in [1.54, 1.807) is 11.8 Å². The van der Waals surface area contributed by atoms with Crippen LogP contribution in [0, 0.1) is 13.8 Å². The van der Waals surface area contributed by atoms with Gasteiger partial charge in [-0.15, -0.1) is 11.8 Å². The Morgan fingerprint density at radius 1 is 1.50 bits per heavy atom. The van der Waals surface area contributed by atoms with E-state index in [0.29, 0.717) is 6.42 Å². The highest BCUT2D eigenvalue weighted by Gasteiger charge is 2.32. The molecule has 5 heteroatoms. The van der Waals surface area contributed by atoms with Crippen LogP contribution in [0.15, 0.2) is 17.2 Å². The smallest absolute Gasteiger partial charge is 0.237 e. The minimum atomic E-state index is -0.667. The Morgan fingerprint density at radius 2 is 2.15 bits per heavy atom. The number of primary amides is 1. The first-order chi connectivity index (χ1) is 9.26. The summed E-state index contributed by atoms with van der Waals surface area (Å²) in [5.74, 6) is -0.305. The molecule has 0 aliphatic carbocycles. The molecule has 0 fully saturated rings. The Morgan fingerprint density at radius 3 is 2.65 bits per heavy atom. The van der Waals surface area contributed by atoms with E-state index in [0.717, 1.165) is 17.3 Å². The van der Waals surface area contributed by atoms with Crippen molar-refractivity contribution in [3.63, 3.8) is 0 Å². The Bertz CT molecular complexity index is 458. The van der Waals surface area contributed by atoms with Gasteiger partial charge >= 0.3 is 0 Å². The van der Waals surface area contributed by atoms with Crippen LogP contribution >= 0.6 is 11.8 Å². The molecule has 0 aliphatic rings. The first-order valence-corrected chi connectivity index (χ1v) is 7.81. The fourth-order valence-electron chi connectivity index (χ4n) is 2.34. The molecule has 0 bridgehead atoms. The molecule has 0 aliphatic heterocycles. The second-order valence-corrected chi connectivity index (χ2v) is 6.94. The standard InChI is InChI=1S/C15H25N3OS/c1-6-17-15(5,14(16)19)9-12(4)20-13-8-10(2)7-11(3)18-13/h7-8,12,17H,6,9H2,1-5H3,(H2,16,19). The van der Waals surface area contributed by atoms with Crippen LogP contribution in [0.2, 0.25) is 0 Å². The summed E-state index contributed by atoms with van der Waals surface area (Å²) < 4.78 is 0. The molecular formula is C15H25N3OS. The number of nitrogens with zero attached hydrogens (tertiary/aromatic N) is 1. The molecule has 0 spiro atoms. The van der Waals surface area contributed by atoms with Gasteiger partial charge in [0.2, 0.25) is 5.91 Å². The predicted molar refractivity (Wildman–Crippen MR) is 84.9 cm³/mol. The van der Waals surface area contributed by atoms with Crippen molar-refractivity contribution in [1.29, 1.82) is 0 Å². The van der Waals surface area contributed by atoms with E-state index >= 15 is 0 Å². The Balaban J connectivity index is 2.75. The first-order valence-electron chi connectivity index (χ1n) is 6.93. The number of thioether (sulfide) groups is 1. The van der Waals surface area contributed by atoms with Gasteiger partial charge in [0.25, 0.3) is 0 Å². The molecule has 1 amide bonds. The SMILES string of the molecule is CCNC(C)(CC(C)Sc1cc(C)cc(C)n1)C(N)=O. The molecule has 1 aromatic heterocycles. The summed E-state index contributed by atoms with van der Waals surface area (Å²) in [5, 5.41) is 4.44. The highest BCUT2D eigenvalue weighted by molar-refractivity contribution is 7.99. The molecule has 4 nitrogen and oxygen atoms in total. The normalized spacial score (nSPS) is 15.7. The number of carbonyl (C=O) groups excluding carboxylic acids is 1. The average Bonchev–Trinajstić information content (AvgIpc) is 2.26. The van der Waals surface area contributed by atoms with Crippen LogP contribution in [0.4, 0.5) is 0 Å². The highest BCUT2D eigenvalue weighted by atomic mass is 32.2. The second-order valence-electron chi connectivity index (χ2n) is 5.48. The van der Waals surface area contributed by atoms with Crippen LogP contribution < -0.4 is 11.1 Å². The van der Waals surface area contributed by atoms with Gasteiger partial charge in [-0.25, -0.2) is 4.98 Å². The molecule has 2 atom stereocenters. The van der Waals surface area contributed by atoms with Crippen molar-refractivity contribution in [2.24, 2.45) is 5.73 Å². The number of aryl methyl sites for hydroxylation is 2. The molecule has 112 valence electrons. The van der Waals surface area contributed by atoms with Crippen molar-refractivity contribution < 1.29 is 4.79 Å². The Labute approximate surface area is 125 Å². The molecule has 0 aromatic carbocycles. The quantitative estimate of drug-likeness (QED) is 0.758. The van der Waals surface area contributed by atoms with Gasteiger partial charge in [0.05, 0.1) is 10.6 Å². The third kappa shape index (κ3) is 4.80. The van der Waals surface area contributed by atoms with Crippen LogP contribution in [0.1, 0.15) is 38.4 Å². The molecule has 0 radical (unpaired) electrons. The monoisotopic (exact) mass is 295 g/mol. The number of aromatic nitrogens is 1. The largest absolute Gasteiger partial charge is 0.368 e. The number of nitrogens with one attached hydrogen (secondary N) is 1. The van der Waals surface area contributed by atoms with Crippen molar-refractivity contribution in [3.8, 4) is 0 Å². The number of hydrogen-bond donors (Lipinski definition) is 2. The fraction of sp³-hybridized carbons (Fsp3) is 0.600. The number of likely N-dealkylation sites (N-methyl/N-ethyl adjacent to an activating group) is 1. The van der Waals surface area contributed by atoms with Crippen molar-refractivity contribution in [2.75, 3.05) is 6.54 Å². The van der Waals surface area contributed by atoms with E-state index in [-0.39, 0.29) is 11.2 Å². The zero-order valence-electron chi connectivity index (χ0n) is 13.0. The van der Waals surface area contributed by atoms with E-state index in [9.17, 15) is 4.79 Å². The van der Waals surface area contributed by atoms with Gasteiger partial charge in [0.15, 0.2) is 0 Å². The van der Waals surface area contributed by atoms with Crippen molar-refractivity contribution in [1.82, 2.24) is 10.3 Å². The minimum absolute atomic E-state index is 0.250. The van der Waals surface area contributed by atoms with E-state index < -0.39 is 5.54 Å². The van der Waals surface area contributed by atoms with Gasteiger partial charge in [0.1, 0.15) is 0 Å². The van der Waals surface area contributed by atoms with Crippen LogP contribution in [-0.2, 0) is 4.79 Å². The number of nitrogens with two attached hydrogens (primary N) is 1. The topological polar surface area (TPSA) is 68.0 Å². The molecule has 0 saturated heterocycles. The summed E-state index contributed by atoms with van der Waals surface area (Å²) in [6, 6.07) is 4.13. The summed E-state index contributed by atoms with van der Waals surface area (Å²) >= 11 is 1.68. The molecule has 1 heterocycles. The third-order valence-electron chi connectivity index (χ3n) is 3.20. The zero-order chi connectivity index (χ0) is 15.3. The van der Waals surface area contributed by atoms with Crippen LogP contribution in [0.3, 0.4) is 0 Å². The van der Waals surface area contributed by atoms with E-state index in [2.05, 4.69) is 36.3 Å².